The fourth-order valence-electron chi connectivity index (χ4n) is 2.48. The minimum atomic E-state index is -0.215. The molecule has 1 aromatic rings. The van der Waals surface area contributed by atoms with Crippen LogP contribution in [0.3, 0.4) is 0 Å². The Labute approximate surface area is 133 Å². The molecule has 0 aromatic heterocycles. The Bertz CT molecular complexity index is 510. The highest BCUT2D eigenvalue weighted by Gasteiger charge is 2.26. The summed E-state index contributed by atoms with van der Waals surface area (Å²) in [6.45, 7) is 5.49. The lowest BCUT2D eigenvalue weighted by Gasteiger charge is -2.35. The van der Waals surface area contributed by atoms with E-state index in [1.54, 1.807) is 0 Å². The molecule has 1 aliphatic heterocycles. The highest BCUT2D eigenvalue weighted by molar-refractivity contribution is 9.10. The molecule has 2 atom stereocenters. The smallest absolute Gasteiger partial charge is 0.238 e. The number of carbonyl (C=O) groups is 1. The zero-order chi connectivity index (χ0) is 15.4. The van der Waals surface area contributed by atoms with Crippen molar-refractivity contribution in [1.82, 2.24) is 4.90 Å². The van der Waals surface area contributed by atoms with E-state index in [2.05, 4.69) is 21.2 Å². The van der Waals surface area contributed by atoms with E-state index in [1.165, 1.54) is 0 Å². The third kappa shape index (κ3) is 4.78. The summed E-state index contributed by atoms with van der Waals surface area (Å²) in [5, 5.41) is 12.1. The highest BCUT2D eigenvalue weighted by Crippen LogP contribution is 2.23. The van der Waals surface area contributed by atoms with Crippen LogP contribution in [0.1, 0.15) is 12.5 Å². The quantitative estimate of drug-likeness (QED) is 0.863. The number of anilines is 1. The Kier molecular flexibility index (Phi) is 5.75. The molecule has 116 valence electrons. The van der Waals surface area contributed by atoms with Crippen LogP contribution in [-0.4, -0.2) is 54.4 Å². The molecule has 1 amide bonds. The molecule has 2 rings (SSSR count). The Morgan fingerprint density at radius 1 is 1.52 bits per heavy atom. The number of halogens is 1. The van der Waals surface area contributed by atoms with E-state index in [4.69, 9.17) is 4.74 Å². The maximum atomic E-state index is 12.1. The average molecular weight is 357 g/mol. The van der Waals surface area contributed by atoms with E-state index in [-0.39, 0.29) is 24.7 Å². The lowest BCUT2D eigenvalue weighted by atomic mass is 10.2. The number of ether oxygens (including phenoxy) is 1. The summed E-state index contributed by atoms with van der Waals surface area (Å²) in [5.74, 6) is -0.0645. The predicted octanol–water partition coefficient (Wildman–Crippen LogP) is 1.78. The second-order valence-corrected chi connectivity index (χ2v) is 6.33. The van der Waals surface area contributed by atoms with Crippen molar-refractivity contribution in [2.24, 2.45) is 0 Å². The lowest BCUT2D eigenvalue weighted by molar-refractivity contribution is -0.124. The van der Waals surface area contributed by atoms with E-state index in [9.17, 15) is 9.90 Å². The van der Waals surface area contributed by atoms with Gasteiger partial charge in [-0.15, -0.1) is 0 Å². The second-order valence-electron chi connectivity index (χ2n) is 5.48. The number of aryl methyl sites for hydroxylation is 1. The number of rotatable bonds is 4. The van der Waals surface area contributed by atoms with Crippen molar-refractivity contribution in [3.05, 3.63) is 28.2 Å². The zero-order valence-electron chi connectivity index (χ0n) is 12.3. The Hall–Kier alpha value is -0.950. The molecule has 2 unspecified atom stereocenters. The van der Waals surface area contributed by atoms with Gasteiger partial charge in [0.25, 0.3) is 0 Å². The largest absolute Gasteiger partial charge is 0.394 e. The summed E-state index contributed by atoms with van der Waals surface area (Å²) in [4.78, 5) is 14.1. The molecule has 0 radical (unpaired) electrons. The topological polar surface area (TPSA) is 61.8 Å². The monoisotopic (exact) mass is 356 g/mol. The molecule has 21 heavy (non-hydrogen) atoms. The molecule has 0 spiro atoms. The molecule has 1 aliphatic rings. The van der Waals surface area contributed by atoms with Gasteiger partial charge in [0.2, 0.25) is 5.91 Å². The number of nitrogens with zero attached hydrogens (tertiary/aromatic N) is 1. The summed E-state index contributed by atoms with van der Waals surface area (Å²) in [7, 11) is 0. The molecule has 6 heteroatoms. The third-order valence-electron chi connectivity index (χ3n) is 3.37. The first-order valence-electron chi connectivity index (χ1n) is 7.02. The first kappa shape index (κ1) is 16.4. The molecule has 5 nitrogen and oxygen atoms in total. The third-order valence-corrected chi connectivity index (χ3v) is 4.03. The number of morpholine rings is 1. The molecule has 1 aromatic carbocycles. The number of amides is 1. The maximum absolute atomic E-state index is 12.1. The summed E-state index contributed by atoms with van der Waals surface area (Å²) in [6.07, 6.45) is -0.192. The molecular weight excluding hydrogens is 336 g/mol. The number of carbonyl (C=O) groups excluding carboxylic acids is 1. The van der Waals surface area contributed by atoms with Gasteiger partial charge in [-0.05, 0) is 47.5 Å². The number of benzene rings is 1. The molecule has 1 heterocycles. The number of aliphatic hydroxyl groups excluding tert-OH is 1. The predicted molar refractivity (Wildman–Crippen MR) is 85.4 cm³/mol. The zero-order valence-corrected chi connectivity index (χ0v) is 13.9. The van der Waals surface area contributed by atoms with Crippen molar-refractivity contribution in [2.45, 2.75) is 26.1 Å². The summed E-state index contributed by atoms with van der Waals surface area (Å²) >= 11 is 3.45. The SMILES string of the molecule is Cc1ccc(NC(=O)CN2CC(C)OC(CO)C2)c(Br)c1. The van der Waals surface area contributed by atoms with Crippen LogP contribution in [0.5, 0.6) is 0 Å². The molecule has 0 bridgehead atoms. The van der Waals surface area contributed by atoms with E-state index >= 15 is 0 Å². The van der Waals surface area contributed by atoms with Crippen LogP contribution in [0, 0.1) is 6.92 Å². The molecular formula is C15H21BrN2O3. The highest BCUT2D eigenvalue weighted by atomic mass is 79.9. The second kappa shape index (κ2) is 7.35. The van der Waals surface area contributed by atoms with Crippen molar-refractivity contribution in [1.29, 1.82) is 0 Å². The van der Waals surface area contributed by atoms with Crippen molar-refractivity contribution >= 4 is 27.5 Å². The Morgan fingerprint density at radius 2 is 2.29 bits per heavy atom. The van der Waals surface area contributed by atoms with Crippen LogP contribution < -0.4 is 5.32 Å². The van der Waals surface area contributed by atoms with Gasteiger partial charge < -0.3 is 15.2 Å². The molecule has 0 aliphatic carbocycles. The molecule has 0 saturated carbocycles. The van der Waals surface area contributed by atoms with Gasteiger partial charge in [-0.2, -0.15) is 0 Å². The Balaban J connectivity index is 1.92. The average Bonchev–Trinajstić information content (AvgIpc) is 2.41. The van der Waals surface area contributed by atoms with Crippen LogP contribution in [0.15, 0.2) is 22.7 Å². The van der Waals surface area contributed by atoms with Crippen molar-refractivity contribution in [3.63, 3.8) is 0 Å². The van der Waals surface area contributed by atoms with Gasteiger partial charge in [0, 0.05) is 17.6 Å². The van der Waals surface area contributed by atoms with Gasteiger partial charge in [0.15, 0.2) is 0 Å². The fourth-order valence-corrected chi connectivity index (χ4v) is 3.08. The van der Waals surface area contributed by atoms with E-state index in [0.717, 1.165) is 15.7 Å². The molecule has 1 saturated heterocycles. The number of hydrogen-bond acceptors (Lipinski definition) is 4. The summed E-state index contributed by atoms with van der Waals surface area (Å²) < 4.78 is 6.44. The van der Waals surface area contributed by atoms with Gasteiger partial charge in [-0.25, -0.2) is 0 Å². The fraction of sp³-hybridized carbons (Fsp3) is 0.533. The van der Waals surface area contributed by atoms with Crippen LogP contribution in [-0.2, 0) is 9.53 Å². The van der Waals surface area contributed by atoms with Crippen LogP contribution in [0.4, 0.5) is 5.69 Å². The first-order chi connectivity index (χ1) is 9.97. The summed E-state index contributed by atoms with van der Waals surface area (Å²) in [6, 6.07) is 5.81. The van der Waals surface area contributed by atoms with E-state index in [0.29, 0.717) is 19.6 Å². The summed E-state index contributed by atoms with van der Waals surface area (Å²) in [5.41, 5.74) is 1.90. The van der Waals surface area contributed by atoms with E-state index in [1.807, 2.05) is 36.9 Å². The van der Waals surface area contributed by atoms with Crippen molar-refractivity contribution < 1.29 is 14.6 Å². The lowest BCUT2D eigenvalue weighted by Crippen LogP contribution is -2.50. The van der Waals surface area contributed by atoms with Crippen LogP contribution >= 0.6 is 15.9 Å². The van der Waals surface area contributed by atoms with Gasteiger partial charge in [-0.3, -0.25) is 9.69 Å². The van der Waals surface area contributed by atoms with Gasteiger partial charge in [0.05, 0.1) is 31.0 Å². The van der Waals surface area contributed by atoms with Crippen molar-refractivity contribution in [3.8, 4) is 0 Å². The van der Waals surface area contributed by atoms with Crippen LogP contribution in [0.2, 0.25) is 0 Å². The number of nitrogens with one attached hydrogen (secondary N) is 1. The van der Waals surface area contributed by atoms with Crippen LogP contribution in [0.25, 0.3) is 0 Å². The van der Waals surface area contributed by atoms with Gasteiger partial charge in [-0.1, -0.05) is 6.07 Å². The Morgan fingerprint density at radius 3 is 2.95 bits per heavy atom. The normalized spacial score (nSPS) is 23.0. The molecule has 1 fully saturated rings. The minimum Gasteiger partial charge on any atom is -0.394 e. The van der Waals surface area contributed by atoms with Gasteiger partial charge in [0.1, 0.15) is 0 Å². The maximum Gasteiger partial charge on any atom is 0.238 e. The number of hydrogen-bond donors (Lipinski definition) is 2. The van der Waals surface area contributed by atoms with Gasteiger partial charge >= 0.3 is 0 Å². The standard InChI is InChI=1S/C15H21BrN2O3/c1-10-3-4-14(13(16)5-10)17-15(20)8-18-6-11(2)21-12(7-18)9-19/h3-5,11-12,19H,6-9H2,1-2H3,(H,17,20). The molecule has 2 N–H and O–H groups in total. The van der Waals surface area contributed by atoms with Crippen molar-refractivity contribution in [2.75, 3.05) is 31.6 Å². The van der Waals surface area contributed by atoms with E-state index < -0.39 is 0 Å². The number of aliphatic hydroxyl groups is 1. The minimum absolute atomic E-state index is 0.0219. The first-order valence-corrected chi connectivity index (χ1v) is 7.82.